The van der Waals surface area contributed by atoms with Gasteiger partial charge in [-0.05, 0) is 47.1 Å². The molecule has 2 amide bonds. The molecule has 0 spiro atoms. The molecule has 0 N–H and O–H groups in total. The standard InChI is InChI=1S/C21H32N2O5/c1-7-26-18(24)22(13-16-11-9-8-10-12-16)14-17-15-27-21(5,6)23(17)19(25)28-20(2,3)4/h8-12,17H,7,13-15H2,1-6H3/t17-/m1/s1/i14D/t14-,17-. The Morgan fingerprint density at radius 1 is 1.32 bits per heavy atom. The Balaban J connectivity index is 2.30. The molecule has 2 rings (SSSR count). The average Bonchev–Trinajstić information content (AvgIpc) is 2.94. The lowest BCUT2D eigenvalue weighted by molar-refractivity contribution is -0.0633. The molecule has 1 aromatic carbocycles. The van der Waals surface area contributed by atoms with Gasteiger partial charge in [-0.3, -0.25) is 4.90 Å². The number of carbonyl (C=O) groups excluding carboxylic acids is 2. The van der Waals surface area contributed by atoms with Crippen molar-refractivity contribution in [3.8, 4) is 0 Å². The Bertz CT molecular complexity index is 705. The summed E-state index contributed by atoms with van der Waals surface area (Å²) in [5.74, 6) is 0. The first-order valence-electron chi connectivity index (χ1n) is 10.1. The normalized spacial score (nSPS) is 20.3. The van der Waals surface area contributed by atoms with Gasteiger partial charge < -0.3 is 19.1 Å². The second-order valence-corrected chi connectivity index (χ2v) is 8.14. The number of rotatable bonds is 5. The van der Waals surface area contributed by atoms with Gasteiger partial charge >= 0.3 is 12.2 Å². The molecule has 1 aliphatic heterocycles. The quantitative estimate of drug-likeness (QED) is 0.756. The fourth-order valence-corrected chi connectivity index (χ4v) is 2.98. The van der Waals surface area contributed by atoms with E-state index in [4.69, 9.17) is 15.6 Å². The molecule has 1 aliphatic rings. The predicted molar refractivity (Wildman–Crippen MR) is 106 cm³/mol. The van der Waals surface area contributed by atoms with Gasteiger partial charge in [-0.25, -0.2) is 9.59 Å². The topological polar surface area (TPSA) is 68.3 Å². The average molecular weight is 394 g/mol. The fourth-order valence-electron chi connectivity index (χ4n) is 2.98. The summed E-state index contributed by atoms with van der Waals surface area (Å²) in [6.45, 7) is 9.95. The van der Waals surface area contributed by atoms with Crippen LogP contribution in [0.25, 0.3) is 0 Å². The summed E-state index contributed by atoms with van der Waals surface area (Å²) in [6.07, 6.45) is -1.18. The van der Waals surface area contributed by atoms with Crippen LogP contribution in [0.4, 0.5) is 9.59 Å². The number of hydrogen-bond donors (Lipinski definition) is 0. The first-order valence-corrected chi connectivity index (χ1v) is 9.52. The molecule has 2 atom stereocenters. The van der Waals surface area contributed by atoms with Crippen molar-refractivity contribution in [2.45, 2.75) is 65.5 Å². The van der Waals surface area contributed by atoms with Crippen LogP contribution in [-0.2, 0) is 20.8 Å². The molecule has 1 heterocycles. The zero-order chi connectivity index (χ0) is 21.8. The van der Waals surface area contributed by atoms with Gasteiger partial charge in [0.15, 0.2) is 0 Å². The van der Waals surface area contributed by atoms with Crippen molar-refractivity contribution in [1.82, 2.24) is 9.80 Å². The molecular weight excluding hydrogens is 360 g/mol. The zero-order valence-corrected chi connectivity index (χ0v) is 17.6. The van der Waals surface area contributed by atoms with E-state index in [1.54, 1.807) is 41.5 Å². The summed E-state index contributed by atoms with van der Waals surface area (Å²) in [5, 5.41) is 0. The SMILES string of the molecule is [2H][C@H]([C@@H]1COC(C)(C)N1C(=O)OC(C)(C)C)N(Cc1ccccc1)C(=O)OCC. The molecule has 7 nitrogen and oxygen atoms in total. The van der Waals surface area contributed by atoms with E-state index in [1.165, 1.54) is 9.80 Å². The highest BCUT2D eigenvalue weighted by molar-refractivity contribution is 5.70. The number of carbonyl (C=O) groups is 2. The molecule has 0 aromatic heterocycles. The van der Waals surface area contributed by atoms with E-state index in [0.717, 1.165) is 5.56 Å². The maximum atomic E-state index is 12.9. The minimum Gasteiger partial charge on any atom is -0.450 e. The van der Waals surface area contributed by atoms with Crippen LogP contribution in [0.5, 0.6) is 0 Å². The number of ether oxygens (including phenoxy) is 3. The Hall–Kier alpha value is -2.28. The van der Waals surface area contributed by atoms with Crippen molar-refractivity contribution in [2.75, 3.05) is 19.7 Å². The largest absolute Gasteiger partial charge is 0.450 e. The van der Waals surface area contributed by atoms with E-state index < -0.39 is 36.1 Å². The summed E-state index contributed by atoms with van der Waals surface area (Å²) >= 11 is 0. The van der Waals surface area contributed by atoms with Crippen LogP contribution >= 0.6 is 0 Å². The Labute approximate surface area is 168 Å². The van der Waals surface area contributed by atoms with E-state index >= 15 is 0 Å². The van der Waals surface area contributed by atoms with Crippen molar-refractivity contribution < 1.29 is 25.2 Å². The summed E-state index contributed by atoms with van der Waals surface area (Å²) in [6, 6.07) is 8.67. The molecule has 0 aliphatic carbocycles. The van der Waals surface area contributed by atoms with Gasteiger partial charge in [0.2, 0.25) is 0 Å². The molecule has 1 aromatic rings. The lowest BCUT2D eigenvalue weighted by atomic mass is 10.1. The van der Waals surface area contributed by atoms with Crippen LogP contribution in [0.1, 0.15) is 48.5 Å². The van der Waals surface area contributed by atoms with Crippen LogP contribution in [0.15, 0.2) is 30.3 Å². The van der Waals surface area contributed by atoms with Crippen LogP contribution in [0.2, 0.25) is 0 Å². The van der Waals surface area contributed by atoms with Crippen molar-refractivity contribution in [1.29, 1.82) is 0 Å². The fraction of sp³-hybridized carbons (Fsp3) is 0.619. The van der Waals surface area contributed by atoms with Crippen molar-refractivity contribution >= 4 is 12.2 Å². The second-order valence-electron chi connectivity index (χ2n) is 8.14. The lowest BCUT2D eigenvalue weighted by Gasteiger charge is -2.36. The summed E-state index contributed by atoms with van der Waals surface area (Å²) < 4.78 is 25.3. The molecule has 0 radical (unpaired) electrons. The van der Waals surface area contributed by atoms with Gasteiger partial charge in [0, 0.05) is 13.1 Å². The molecular formula is C21H32N2O5. The zero-order valence-electron chi connectivity index (χ0n) is 18.6. The maximum Gasteiger partial charge on any atom is 0.412 e. The third-order valence-corrected chi connectivity index (χ3v) is 4.16. The number of benzene rings is 1. The van der Waals surface area contributed by atoms with Crippen LogP contribution in [0.3, 0.4) is 0 Å². The van der Waals surface area contributed by atoms with E-state index in [1.807, 2.05) is 30.3 Å². The molecule has 156 valence electrons. The first-order chi connectivity index (χ1) is 13.5. The highest BCUT2D eigenvalue weighted by atomic mass is 16.6. The van der Waals surface area contributed by atoms with Gasteiger partial charge in [0.25, 0.3) is 0 Å². The molecule has 0 saturated carbocycles. The molecule has 0 unspecified atom stereocenters. The van der Waals surface area contributed by atoms with E-state index in [2.05, 4.69) is 0 Å². The Morgan fingerprint density at radius 3 is 2.54 bits per heavy atom. The lowest BCUT2D eigenvalue weighted by Crippen LogP contribution is -2.53. The highest BCUT2D eigenvalue weighted by Crippen LogP contribution is 2.30. The minimum atomic E-state index is -1.09. The maximum absolute atomic E-state index is 12.9. The summed E-state index contributed by atoms with van der Waals surface area (Å²) in [4.78, 5) is 28.2. The molecule has 28 heavy (non-hydrogen) atoms. The summed E-state index contributed by atoms with van der Waals surface area (Å²) in [7, 11) is 0. The molecule has 0 bridgehead atoms. The van der Waals surface area contributed by atoms with E-state index in [0.29, 0.717) is 0 Å². The number of hydrogen-bond acceptors (Lipinski definition) is 5. The van der Waals surface area contributed by atoms with Gasteiger partial charge in [-0.2, -0.15) is 0 Å². The second kappa shape index (κ2) is 8.82. The van der Waals surface area contributed by atoms with E-state index in [-0.39, 0.29) is 19.8 Å². The third-order valence-electron chi connectivity index (χ3n) is 4.16. The van der Waals surface area contributed by atoms with Gasteiger partial charge in [-0.1, -0.05) is 30.3 Å². The van der Waals surface area contributed by atoms with Crippen LogP contribution in [-0.4, -0.2) is 59.1 Å². The Morgan fingerprint density at radius 2 is 1.96 bits per heavy atom. The van der Waals surface area contributed by atoms with Gasteiger partial charge in [-0.15, -0.1) is 0 Å². The first kappa shape index (κ1) is 20.5. The molecule has 1 saturated heterocycles. The summed E-state index contributed by atoms with van der Waals surface area (Å²) in [5.41, 5.74) is -0.790. The molecule has 7 heteroatoms. The van der Waals surface area contributed by atoms with Crippen molar-refractivity contribution in [3.63, 3.8) is 0 Å². The van der Waals surface area contributed by atoms with Gasteiger partial charge in [0.05, 0.1) is 20.6 Å². The highest BCUT2D eigenvalue weighted by Gasteiger charge is 2.46. The monoisotopic (exact) mass is 393 g/mol. The third kappa shape index (κ3) is 5.86. The molecule has 1 fully saturated rings. The van der Waals surface area contributed by atoms with E-state index in [9.17, 15) is 9.59 Å². The Kier molecular flexibility index (Phi) is 6.44. The smallest absolute Gasteiger partial charge is 0.412 e. The van der Waals surface area contributed by atoms with Gasteiger partial charge in [0.1, 0.15) is 11.3 Å². The van der Waals surface area contributed by atoms with Crippen molar-refractivity contribution in [3.05, 3.63) is 35.9 Å². The number of nitrogens with zero attached hydrogens (tertiary/aromatic N) is 2. The minimum absolute atomic E-state index is 0.116. The van der Waals surface area contributed by atoms with Crippen LogP contribution in [0, 0.1) is 0 Å². The number of amides is 2. The van der Waals surface area contributed by atoms with Crippen LogP contribution < -0.4 is 0 Å². The van der Waals surface area contributed by atoms with Crippen molar-refractivity contribution in [2.24, 2.45) is 0 Å². The predicted octanol–water partition coefficient (Wildman–Crippen LogP) is 4.02.